The molecular weight excluding hydrogens is 370 g/mol. The van der Waals surface area contributed by atoms with E-state index in [4.69, 9.17) is 11.6 Å². The monoisotopic (exact) mass is 395 g/mol. The van der Waals surface area contributed by atoms with Crippen molar-refractivity contribution in [2.45, 2.75) is 43.9 Å². The van der Waals surface area contributed by atoms with Gasteiger partial charge in [-0.05, 0) is 50.0 Å². The Kier molecular flexibility index (Phi) is 4.87. The molecule has 5 rings (SSSR count). The second-order valence-corrected chi connectivity index (χ2v) is 8.66. The van der Waals surface area contributed by atoms with Crippen LogP contribution in [-0.2, 0) is 11.3 Å². The quantitative estimate of drug-likeness (QED) is 0.787. The molecule has 3 saturated heterocycles. The number of likely N-dealkylation sites (tertiary alicyclic amines) is 2. The van der Waals surface area contributed by atoms with Crippen LogP contribution in [0.4, 0.5) is 5.69 Å². The van der Waals surface area contributed by atoms with Gasteiger partial charge >= 0.3 is 0 Å². The first-order chi connectivity index (χ1) is 13.7. The molecule has 0 spiro atoms. The number of carbonyl (C=O) groups is 1. The van der Waals surface area contributed by atoms with Gasteiger partial charge in [0.25, 0.3) is 0 Å². The molecule has 3 aliphatic heterocycles. The van der Waals surface area contributed by atoms with Crippen molar-refractivity contribution in [2.75, 3.05) is 24.5 Å². The summed E-state index contributed by atoms with van der Waals surface area (Å²) in [6, 6.07) is 19.2. The van der Waals surface area contributed by atoms with Crippen LogP contribution in [0.25, 0.3) is 0 Å². The first-order valence-electron chi connectivity index (χ1n) is 10.3. The Balaban J connectivity index is 1.21. The van der Waals surface area contributed by atoms with E-state index in [1.807, 2.05) is 29.2 Å². The van der Waals surface area contributed by atoms with Gasteiger partial charge in [0, 0.05) is 19.1 Å². The Labute approximate surface area is 171 Å². The highest BCUT2D eigenvalue weighted by molar-refractivity contribution is 6.34. The number of piperidine rings is 1. The lowest BCUT2D eigenvalue weighted by Crippen LogP contribution is -2.56. The molecule has 0 saturated carbocycles. The summed E-state index contributed by atoms with van der Waals surface area (Å²) in [5, 5.41) is 0.671. The smallest absolute Gasteiger partial charge is 0.244 e. The molecule has 146 valence electrons. The SMILES string of the molecule is O=C1[C@@H]2C[C@@H](CN2C2CCN(Cc3ccccc3)CC2)N1c1ccccc1Cl. The highest BCUT2D eigenvalue weighted by Crippen LogP contribution is 2.40. The van der Waals surface area contributed by atoms with Gasteiger partial charge in [-0.2, -0.15) is 0 Å². The third kappa shape index (κ3) is 3.24. The summed E-state index contributed by atoms with van der Waals surface area (Å²) in [6.45, 7) is 4.22. The number of fused-ring (bicyclic) bond motifs is 2. The number of piperazine rings is 1. The van der Waals surface area contributed by atoms with Crippen molar-refractivity contribution in [2.24, 2.45) is 0 Å². The maximum absolute atomic E-state index is 13.1. The molecule has 0 N–H and O–H groups in total. The fourth-order valence-corrected chi connectivity index (χ4v) is 5.45. The molecular formula is C23H26ClN3O. The molecule has 0 aliphatic carbocycles. The van der Waals surface area contributed by atoms with E-state index in [1.165, 1.54) is 5.56 Å². The van der Waals surface area contributed by atoms with E-state index in [0.29, 0.717) is 11.1 Å². The van der Waals surface area contributed by atoms with Gasteiger partial charge in [-0.15, -0.1) is 0 Å². The lowest BCUT2D eigenvalue weighted by molar-refractivity contribution is -0.124. The van der Waals surface area contributed by atoms with E-state index >= 15 is 0 Å². The Morgan fingerprint density at radius 2 is 1.64 bits per heavy atom. The van der Waals surface area contributed by atoms with Gasteiger partial charge in [-0.1, -0.05) is 54.1 Å². The van der Waals surface area contributed by atoms with Gasteiger partial charge in [0.1, 0.15) is 0 Å². The molecule has 1 amide bonds. The Bertz CT molecular complexity index is 850. The van der Waals surface area contributed by atoms with Gasteiger partial charge in [-0.3, -0.25) is 14.6 Å². The number of para-hydroxylation sites is 1. The minimum absolute atomic E-state index is 0.0342. The number of anilines is 1. The van der Waals surface area contributed by atoms with Gasteiger partial charge in [0.2, 0.25) is 5.91 Å². The second kappa shape index (κ2) is 7.51. The number of halogens is 1. The van der Waals surface area contributed by atoms with E-state index in [0.717, 1.165) is 51.1 Å². The van der Waals surface area contributed by atoms with Crippen molar-refractivity contribution in [1.29, 1.82) is 0 Å². The standard InChI is InChI=1S/C23H26ClN3O/c24-20-8-4-5-9-21(20)27-19-14-22(23(27)28)26(16-19)18-10-12-25(13-11-18)15-17-6-2-1-3-7-17/h1-9,18-19,22H,10-16H2/t19-,22-/m0/s1. The third-order valence-electron chi connectivity index (χ3n) is 6.59. The molecule has 3 aliphatic rings. The average molecular weight is 396 g/mol. The van der Waals surface area contributed by atoms with Gasteiger partial charge in [0.15, 0.2) is 0 Å². The normalized spacial score (nSPS) is 26.3. The van der Waals surface area contributed by atoms with Crippen molar-refractivity contribution in [3.63, 3.8) is 0 Å². The molecule has 0 radical (unpaired) electrons. The molecule has 2 atom stereocenters. The van der Waals surface area contributed by atoms with Crippen LogP contribution in [0.1, 0.15) is 24.8 Å². The van der Waals surface area contributed by atoms with Crippen molar-refractivity contribution in [3.8, 4) is 0 Å². The predicted molar refractivity (Wildman–Crippen MR) is 113 cm³/mol. The minimum atomic E-state index is 0.0342. The van der Waals surface area contributed by atoms with E-state index in [9.17, 15) is 4.79 Å². The molecule has 0 unspecified atom stereocenters. The average Bonchev–Trinajstić information content (AvgIpc) is 3.28. The summed E-state index contributed by atoms with van der Waals surface area (Å²) in [7, 11) is 0. The highest BCUT2D eigenvalue weighted by atomic mass is 35.5. The summed E-state index contributed by atoms with van der Waals surface area (Å²) in [6.07, 6.45) is 3.24. The van der Waals surface area contributed by atoms with Crippen LogP contribution in [-0.4, -0.2) is 53.5 Å². The molecule has 2 bridgehead atoms. The fourth-order valence-electron chi connectivity index (χ4n) is 5.23. The van der Waals surface area contributed by atoms with Crippen LogP contribution >= 0.6 is 11.6 Å². The third-order valence-corrected chi connectivity index (χ3v) is 6.91. The number of carbonyl (C=O) groups excluding carboxylic acids is 1. The summed E-state index contributed by atoms with van der Waals surface area (Å²) < 4.78 is 0. The minimum Gasteiger partial charge on any atom is -0.305 e. The van der Waals surface area contributed by atoms with E-state index in [1.54, 1.807) is 0 Å². The summed E-state index contributed by atoms with van der Waals surface area (Å²) in [4.78, 5) is 20.1. The maximum Gasteiger partial charge on any atom is 0.244 e. The molecule has 4 nitrogen and oxygen atoms in total. The maximum atomic E-state index is 13.1. The largest absolute Gasteiger partial charge is 0.305 e. The topological polar surface area (TPSA) is 26.8 Å². The van der Waals surface area contributed by atoms with Crippen LogP contribution < -0.4 is 4.90 Å². The van der Waals surface area contributed by atoms with Crippen molar-refractivity contribution in [1.82, 2.24) is 9.80 Å². The number of hydrogen-bond donors (Lipinski definition) is 0. The summed E-state index contributed by atoms with van der Waals surface area (Å²) in [5.74, 6) is 0.232. The number of amides is 1. The van der Waals surface area contributed by atoms with Crippen LogP contribution in [0.5, 0.6) is 0 Å². The zero-order valence-electron chi connectivity index (χ0n) is 16.0. The first-order valence-corrected chi connectivity index (χ1v) is 10.7. The second-order valence-electron chi connectivity index (χ2n) is 8.25. The first kappa shape index (κ1) is 18.2. The Morgan fingerprint density at radius 3 is 2.36 bits per heavy atom. The van der Waals surface area contributed by atoms with Crippen molar-refractivity contribution in [3.05, 3.63) is 65.2 Å². The zero-order chi connectivity index (χ0) is 19.1. The van der Waals surface area contributed by atoms with Crippen LogP contribution in [0.3, 0.4) is 0 Å². The Morgan fingerprint density at radius 1 is 0.929 bits per heavy atom. The highest BCUT2D eigenvalue weighted by Gasteiger charge is 2.52. The zero-order valence-corrected chi connectivity index (χ0v) is 16.8. The molecule has 2 aromatic carbocycles. The molecule has 28 heavy (non-hydrogen) atoms. The van der Waals surface area contributed by atoms with Gasteiger partial charge in [-0.25, -0.2) is 0 Å². The fraction of sp³-hybridized carbons (Fsp3) is 0.435. The molecule has 5 heteroatoms. The van der Waals surface area contributed by atoms with Gasteiger partial charge in [0.05, 0.1) is 22.8 Å². The lowest BCUT2D eigenvalue weighted by atomic mass is 10.0. The molecule has 2 aromatic rings. The van der Waals surface area contributed by atoms with E-state index in [2.05, 4.69) is 40.1 Å². The van der Waals surface area contributed by atoms with Crippen LogP contribution in [0.15, 0.2) is 54.6 Å². The number of rotatable bonds is 4. The van der Waals surface area contributed by atoms with E-state index in [-0.39, 0.29) is 18.0 Å². The Hall–Kier alpha value is -1.88. The summed E-state index contributed by atoms with van der Waals surface area (Å²) >= 11 is 6.36. The number of hydrogen-bond acceptors (Lipinski definition) is 3. The van der Waals surface area contributed by atoms with E-state index < -0.39 is 0 Å². The predicted octanol–water partition coefficient (Wildman–Crippen LogP) is 3.79. The van der Waals surface area contributed by atoms with Crippen LogP contribution in [0.2, 0.25) is 5.02 Å². The molecule has 3 fully saturated rings. The lowest BCUT2D eigenvalue weighted by Gasteiger charge is -2.42. The number of nitrogens with zero attached hydrogens (tertiary/aromatic N) is 3. The number of benzene rings is 2. The van der Waals surface area contributed by atoms with Crippen molar-refractivity contribution >= 4 is 23.2 Å². The summed E-state index contributed by atoms with van der Waals surface area (Å²) in [5.41, 5.74) is 2.26. The van der Waals surface area contributed by atoms with Crippen LogP contribution in [0, 0.1) is 0 Å². The molecule has 0 aromatic heterocycles. The van der Waals surface area contributed by atoms with Crippen molar-refractivity contribution < 1.29 is 4.79 Å². The van der Waals surface area contributed by atoms with Gasteiger partial charge < -0.3 is 4.90 Å². The molecule has 3 heterocycles.